The molecule has 6 heteroatoms. The summed E-state index contributed by atoms with van der Waals surface area (Å²) in [6.07, 6.45) is 0. The van der Waals surface area contributed by atoms with E-state index in [1.54, 1.807) is 29.2 Å². The molecule has 0 radical (unpaired) electrons. The van der Waals surface area contributed by atoms with Crippen molar-refractivity contribution in [3.63, 3.8) is 0 Å². The standard InChI is InChI=1S/C14H11NO3S2/c1-8(10-6-7-11(18-10)13(16)17)19-14-15-9-4-2-3-5-12(9)20-14/h2-8H,1H3,(H,16,17). The molecule has 2 heterocycles. The molecule has 0 aliphatic carbocycles. The second-order valence-corrected chi connectivity index (χ2v) is 6.83. The van der Waals surface area contributed by atoms with Crippen molar-refractivity contribution in [1.82, 2.24) is 4.98 Å². The third-order valence-corrected chi connectivity index (χ3v) is 5.04. The molecular weight excluding hydrogens is 294 g/mol. The van der Waals surface area contributed by atoms with Gasteiger partial charge in [0.05, 0.1) is 15.5 Å². The molecule has 1 N–H and O–H groups in total. The van der Waals surface area contributed by atoms with Gasteiger partial charge in [-0.25, -0.2) is 9.78 Å². The first-order chi connectivity index (χ1) is 9.63. The number of fused-ring (bicyclic) bond motifs is 1. The SMILES string of the molecule is CC(Sc1nc2ccccc2s1)c1ccc(C(=O)O)o1. The van der Waals surface area contributed by atoms with E-state index in [4.69, 9.17) is 9.52 Å². The van der Waals surface area contributed by atoms with Crippen LogP contribution in [0, 0.1) is 0 Å². The summed E-state index contributed by atoms with van der Waals surface area (Å²) < 4.78 is 7.41. The van der Waals surface area contributed by atoms with E-state index in [1.807, 2.05) is 31.2 Å². The van der Waals surface area contributed by atoms with Crippen molar-refractivity contribution in [2.45, 2.75) is 16.5 Å². The summed E-state index contributed by atoms with van der Waals surface area (Å²) in [5.41, 5.74) is 0.984. The number of hydrogen-bond acceptors (Lipinski definition) is 5. The van der Waals surface area contributed by atoms with Gasteiger partial charge >= 0.3 is 5.97 Å². The lowest BCUT2D eigenvalue weighted by Gasteiger charge is -2.04. The van der Waals surface area contributed by atoms with E-state index in [0.717, 1.165) is 14.6 Å². The van der Waals surface area contributed by atoms with E-state index in [1.165, 1.54) is 6.07 Å². The lowest BCUT2D eigenvalue weighted by atomic mass is 10.3. The van der Waals surface area contributed by atoms with Gasteiger partial charge in [0.25, 0.3) is 0 Å². The molecule has 0 saturated heterocycles. The molecule has 1 aromatic carbocycles. The largest absolute Gasteiger partial charge is 0.475 e. The lowest BCUT2D eigenvalue weighted by molar-refractivity contribution is 0.0660. The van der Waals surface area contributed by atoms with Crippen LogP contribution < -0.4 is 0 Å². The fraction of sp³-hybridized carbons (Fsp3) is 0.143. The van der Waals surface area contributed by atoms with Gasteiger partial charge in [0.1, 0.15) is 5.76 Å². The molecule has 0 spiro atoms. The van der Waals surface area contributed by atoms with E-state index in [2.05, 4.69) is 4.98 Å². The average molecular weight is 305 g/mol. The number of aromatic nitrogens is 1. The first-order valence-corrected chi connectivity index (χ1v) is 7.68. The second kappa shape index (κ2) is 5.30. The summed E-state index contributed by atoms with van der Waals surface area (Å²) in [4.78, 5) is 15.3. The molecule has 0 fully saturated rings. The summed E-state index contributed by atoms with van der Waals surface area (Å²) in [7, 11) is 0. The summed E-state index contributed by atoms with van der Waals surface area (Å²) in [5, 5.41) is 8.87. The van der Waals surface area contributed by atoms with Crippen LogP contribution in [-0.4, -0.2) is 16.1 Å². The maximum atomic E-state index is 10.8. The third-order valence-electron chi connectivity index (χ3n) is 2.79. The molecular formula is C14H11NO3S2. The summed E-state index contributed by atoms with van der Waals surface area (Å²) in [5.74, 6) is -0.433. The Bertz CT molecular complexity index is 729. The number of thioether (sulfide) groups is 1. The van der Waals surface area contributed by atoms with Crippen LogP contribution in [-0.2, 0) is 0 Å². The molecule has 0 aliphatic heterocycles. The predicted octanol–water partition coefficient (Wildman–Crippen LogP) is 4.44. The van der Waals surface area contributed by atoms with Gasteiger partial charge in [-0.3, -0.25) is 0 Å². The van der Waals surface area contributed by atoms with Crippen LogP contribution in [0.15, 0.2) is 45.2 Å². The fourth-order valence-electron chi connectivity index (χ4n) is 1.80. The topological polar surface area (TPSA) is 63.3 Å². The van der Waals surface area contributed by atoms with Crippen LogP contribution in [0.4, 0.5) is 0 Å². The Morgan fingerprint density at radius 3 is 2.85 bits per heavy atom. The monoisotopic (exact) mass is 305 g/mol. The first-order valence-electron chi connectivity index (χ1n) is 5.99. The number of carboxylic acid groups (broad SMARTS) is 1. The Balaban J connectivity index is 1.80. The number of nitrogens with zero attached hydrogens (tertiary/aromatic N) is 1. The number of para-hydroxylation sites is 1. The highest BCUT2D eigenvalue weighted by Crippen LogP contribution is 2.39. The minimum absolute atomic E-state index is 0.0173. The molecule has 0 saturated carbocycles. The first kappa shape index (κ1) is 13.2. The van der Waals surface area contributed by atoms with Crippen molar-refractivity contribution < 1.29 is 14.3 Å². The van der Waals surface area contributed by atoms with Crippen LogP contribution in [0.25, 0.3) is 10.2 Å². The van der Waals surface area contributed by atoms with Crippen LogP contribution in [0.1, 0.15) is 28.5 Å². The number of thiazole rings is 1. The molecule has 0 amide bonds. The molecule has 3 aromatic rings. The van der Waals surface area contributed by atoms with Gasteiger partial charge in [-0.1, -0.05) is 23.9 Å². The minimum atomic E-state index is -1.05. The number of benzene rings is 1. The average Bonchev–Trinajstić information content (AvgIpc) is 3.04. The van der Waals surface area contributed by atoms with E-state index in [9.17, 15) is 4.79 Å². The number of aromatic carboxylic acids is 1. The molecule has 3 rings (SSSR count). The van der Waals surface area contributed by atoms with Crippen molar-refractivity contribution in [2.24, 2.45) is 0 Å². The summed E-state index contributed by atoms with van der Waals surface area (Å²) in [6, 6.07) is 11.2. The van der Waals surface area contributed by atoms with Crippen molar-refractivity contribution in [1.29, 1.82) is 0 Å². The van der Waals surface area contributed by atoms with Crippen LogP contribution >= 0.6 is 23.1 Å². The number of furan rings is 1. The summed E-state index contributed by atoms with van der Waals surface area (Å²) in [6.45, 7) is 1.97. The molecule has 1 atom stereocenters. The van der Waals surface area contributed by atoms with Gasteiger partial charge in [-0.2, -0.15) is 0 Å². The number of rotatable bonds is 4. The fourth-order valence-corrected chi connectivity index (χ4v) is 4.09. The molecule has 0 bridgehead atoms. The number of hydrogen-bond donors (Lipinski definition) is 1. The zero-order chi connectivity index (χ0) is 14.1. The van der Waals surface area contributed by atoms with E-state index >= 15 is 0 Å². The van der Waals surface area contributed by atoms with Crippen molar-refractivity contribution >= 4 is 39.3 Å². The predicted molar refractivity (Wildman–Crippen MR) is 79.6 cm³/mol. The van der Waals surface area contributed by atoms with E-state index in [0.29, 0.717) is 5.76 Å². The zero-order valence-corrected chi connectivity index (χ0v) is 12.2. The Kier molecular flexibility index (Phi) is 3.50. The number of carboxylic acids is 1. The van der Waals surface area contributed by atoms with Crippen LogP contribution in [0.3, 0.4) is 0 Å². The number of carbonyl (C=O) groups is 1. The Morgan fingerprint density at radius 2 is 2.15 bits per heavy atom. The van der Waals surface area contributed by atoms with E-state index in [-0.39, 0.29) is 11.0 Å². The van der Waals surface area contributed by atoms with Crippen molar-refractivity contribution in [3.8, 4) is 0 Å². The zero-order valence-electron chi connectivity index (χ0n) is 10.6. The second-order valence-electron chi connectivity index (χ2n) is 4.21. The van der Waals surface area contributed by atoms with Gasteiger partial charge in [-0.15, -0.1) is 11.3 Å². The van der Waals surface area contributed by atoms with Crippen LogP contribution in [0.5, 0.6) is 0 Å². The molecule has 4 nitrogen and oxygen atoms in total. The van der Waals surface area contributed by atoms with Gasteiger partial charge in [0, 0.05) is 0 Å². The molecule has 20 heavy (non-hydrogen) atoms. The van der Waals surface area contributed by atoms with Crippen LogP contribution in [0.2, 0.25) is 0 Å². The highest BCUT2D eigenvalue weighted by molar-refractivity contribution is 8.01. The molecule has 102 valence electrons. The smallest absolute Gasteiger partial charge is 0.371 e. The maximum absolute atomic E-state index is 10.8. The van der Waals surface area contributed by atoms with Crippen molar-refractivity contribution in [3.05, 3.63) is 47.9 Å². The molecule has 0 aliphatic rings. The maximum Gasteiger partial charge on any atom is 0.371 e. The van der Waals surface area contributed by atoms with Gasteiger partial charge in [-0.05, 0) is 31.2 Å². The third kappa shape index (κ3) is 2.57. The van der Waals surface area contributed by atoms with Crippen molar-refractivity contribution in [2.75, 3.05) is 0 Å². The molecule has 2 aromatic heterocycles. The van der Waals surface area contributed by atoms with E-state index < -0.39 is 5.97 Å². The quantitative estimate of drug-likeness (QED) is 0.722. The van der Waals surface area contributed by atoms with Gasteiger partial charge in [0.2, 0.25) is 5.76 Å². The van der Waals surface area contributed by atoms with Gasteiger partial charge < -0.3 is 9.52 Å². The normalized spacial score (nSPS) is 12.7. The highest BCUT2D eigenvalue weighted by atomic mass is 32.2. The Hall–Kier alpha value is -1.79. The highest BCUT2D eigenvalue weighted by Gasteiger charge is 2.17. The summed E-state index contributed by atoms with van der Waals surface area (Å²) >= 11 is 3.20. The Labute approximate surface area is 123 Å². The minimum Gasteiger partial charge on any atom is -0.475 e. The molecule has 1 unspecified atom stereocenters. The lowest BCUT2D eigenvalue weighted by Crippen LogP contribution is -1.92. The van der Waals surface area contributed by atoms with Gasteiger partial charge in [0.15, 0.2) is 4.34 Å². The Morgan fingerprint density at radius 1 is 1.35 bits per heavy atom.